The molecular formula is C21H20FN3O3. The summed E-state index contributed by atoms with van der Waals surface area (Å²) in [5.41, 5.74) is 2.91. The van der Waals surface area contributed by atoms with E-state index in [-0.39, 0.29) is 11.3 Å². The van der Waals surface area contributed by atoms with Crippen LogP contribution in [-0.4, -0.2) is 23.1 Å². The Morgan fingerprint density at radius 1 is 1.36 bits per heavy atom. The summed E-state index contributed by atoms with van der Waals surface area (Å²) in [4.78, 5) is 24.0. The predicted octanol–water partition coefficient (Wildman–Crippen LogP) is 3.67. The van der Waals surface area contributed by atoms with Gasteiger partial charge in [0.25, 0.3) is 5.91 Å². The van der Waals surface area contributed by atoms with Crippen molar-refractivity contribution in [3.63, 3.8) is 0 Å². The monoisotopic (exact) mass is 381 g/mol. The van der Waals surface area contributed by atoms with E-state index in [1.807, 2.05) is 26.0 Å². The molecule has 28 heavy (non-hydrogen) atoms. The number of hydrogen-bond acceptors (Lipinski definition) is 4. The quantitative estimate of drug-likeness (QED) is 0.470. The van der Waals surface area contributed by atoms with Gasteiger partial charge in [0.2, 0.25) is 0 Å². The number of halogens is 1. The van der Waals surface area contributed by atoms with Gasteiger partial charge in [-0.1, -0.05) is 6.07 Å². The molecule has 1 heterocycles. The van der Waals surface area contributed by atoms with E-state index in [1.54, 1.807) is 0 Å². The Labute approximate surface area is 162 Å². The number of nitrogens with zero attached hydrogens (tertiary/aromatic N) is 2. The fraction of sp³-hybridized carbons (Fsp3) is 0.286. The molecule has 6 nitrogen and oxygen atoms in total. The van der Waals surface area contributed by atoms with Gasteiger partial charge in [-0.05, 0) is 62.6 Å². The number of aromatic nitrogens is 1. The number of benzene rings is 1. The second kappa shape index (κ2) is 8.09. The Morgan fingerprint density at radius 3 is 2.75 bits per heavy atom. The lowest BCUT2D eigenvalue weighted by Crippen LogP contribution is -2.21. The van der Waals surface area contributed by atoms with Crippen LogP contribution in [0.15, 0.2) is 35.9 Å². The number of ether oxygens (including phenoxy) is 1. The number of rotatable bonds is 6. The Hall–Kier alpha value is -3.40. The van der Waals surface area contributed by atoms with Crippen molar-refractivity contribution in [2.75, 3.05) is 11.9 Å². The molecule has 0 atom stereocenters. The van der Waals surface area contributed by atoms with Crippen molar-refractivity contribution in [1.82, 2.24) is 4.57 Å². The second-order valence-electron chi connectivity index (χ2n) is 6.73. The van der Waals surface area contributed by atoms with Crippen LogP contribution in [0.4, 0.5) is 10.1 Å². The summed E-state index contributed by atoms with van der Waals surface area (Å²) in [6.45, 7) is 3.36. The highest BCUT2D eigenvalue weighted by Gasteiger charge is 2.27. The van der Waals surface area contributed by atoms with E-state index in [0.29, 0.717) is 6.04 Å². The number of nitrogens with one attached hydrogen (secondary N) is 1. The highest BCUT2D eigenvalue weighted by atomic mass is 19.1. The van der Waals surface area contributed by atoms with Gasteiger partial charge in [-0.15, -0.1) is 0 Å². The molecule has 1 aliphatic carbocycles. The molecule has 0 unspecified atom stereocenters. The lowest BCUT2D eigenvalue weighted by molar-refractivity contribution is -0.142. The van der Waals surface area contributed by atoms with Crippen molar-refractivity contribution in [1.29, 1.82) is 5.26 Å². The van der Waals surface area contributed by atoms with Crippen LogP contribution in [0.25, 0.3) is 6.08 Å². The van der Waals surface area contributed by atoms with E-state index in [2.05, 4.69) is 9.88 Å². The molecule has 1 aliphatic rings. The summed E-state index contributed by atoms with van der Waals surface area (Å²) >= 11 is 0. The number of carbonyl (C=O) groups is 2. The summed E-state index contributed by atoms with van der Waals surface area (Å²) < 4.78 is 20.3. The van der Waals surface area contributed by atoms with E-state index in [1.165, 1.54) is 24.3 Å². The number of nitriles is 1. The minimum atomic E-state index is -0.881. The zero-order valence-corrected chi connectivity index (χ0v) is 15.7. The number of anilines is 1. The molecule has 7 heteroatoms. The van der Waals surface area contributed by atoms with Crippen LogP contribution in [0.5, 0.6) is 0 Å². The first-order valence-corrected chi connectivity index (χ1v) is 8.92. The Kier molecular flexibility index (Phi) is 5.59. The average Bonchev–Trinajstić information content (AvgIpc) is 3.43. The normalized spacial score (nSPS) is 13.7. The van der Waals surface area contributed by atoms with Crippen LogP contribution < -0.4 is 5.32 Å². The molecule has 0 bridgehead atoms. The predicted molar refractivity (Wildman–Crippen MR) is 102 cm³/mol. The summed E-state index contributed by atoms with van der Waals surface area (Å²) in [6, 6.07) is 9.61. The number of aryl methyl sites for hydroxylation is 1. The number of carbonyl (C=O) groups excluding carboxylic acids is 2. The second-order valence-corrected chi connectivity index (χ2v) is 6.73. The van der Waals surface area contributed by atoms with Crippen molar-refractivity contribution < 1.29 is 18.7 Å². The molecule has 1 amide bonds. The fourth-order valence-electron chi connectivity index (χ4n) is 3.11. The van der Waals surface area contributed by atoms with E-state index in [4.69, 9.17) is 4.74 Å². The summed E-state index contributed by atoms with van der Waals surface area (Å²) in [7, 11) is 0. The smallest absolute Gasteiger partial charge is 0.349 e. The zero-order valence-electron chi connectivity index (χ0n) is 15.7. The SMILES string of the molecule is Cc1cc(/C=C(\C#N)C(=O)OCC(=O)Nc2cccc(F)c2)c(C)n1C1CC1. The van der Waals surface area contributed by atoms with Crippen molar-refractivity contribution in [3.8, 4) is 6.07 Å². The number of amides is 1. The fourth-order valence-corrected chi connectivity index (χ4v) is 3.11. The Morgan fingerprint density at radius 2 is 2.11 bits per heavy atom. The van der Waals surface area contributed by atoms with Crippen LogP contribution in [-0.2, 0) is 14.3 Å². The van der Waals surface area contributed by atoms with Crippen molar-refractivity contribution in [2.24, 2.45) is 0 Å². The molecule has 0 aliphatic heterocycles. The third-order valence-corrected chi connectivity index (χ3v) is 4.52. The van der Waals surface area contributed by atoms with Crippen LogP contribution in [0.3, 0.4) is 0 Å². The Balaban J connectivity index is 1.64. The summed E-state index contributed by atoms with van der Waals surface area (Å²) in [5.74, 6) is -2.00. The average molecular weight is 381 g/mol. The van der Waals surface area contributed by atoms with Crippen LogP contribution in [0.1, 0.15) is 35.8 Å². The van der Waals surface area contributed by atoms with Gasteiger partial charge in [-0.25, -0.2) is 9.18 Å². The minimum Gasteiger partial charge on any atom is -0.451 e. The van der Waals surface area contributed by atoms with E-state index in [9.17, 15) is 19.2 Å². The molecule has 1 fully saturated rings. The van der Waals surface area contributed by atoms with Gasteiger partial charge < -0.3 is 14.6 Å². The van der Waals surface area contributed by atoms with Crippen molar-refractivity contribution in [2.45, 2.75) is 32.7 Å². The minimum absolute atomic E-state index is 0.186. The van der Waals surface area contributed by atoms with Gasteiger partial charge in [-0.2, -0.15) is 5.26 Å². The van der Waals surface area contributed by atoms with Crippen molar-refractivity contribution in [3.05, 3.63) is 58.7 Å². The Bertz CT molecular complexity index is 997. The first-order valence-electron chi connectivity index (χ1n) is 8.92. The maximum Gasteiger partial charge on any atom is 0.349 e. The van der Waals surface area contributed by atoms with Gasteiger partial charge in [0.05, 0.1) is 0 Å². The third-order valence-electron chi connectivity index (χ3n) is 4.52. The van der Waals surface area contributed by atoms with Crippen molar-refractivity contribution >= 4 is 23.6 Å². The zero-order chi connectivity index (χ0) is 20.3. The summed E-state index contributed by atoms with van der Waals surface area (Å²) in [6.07, 6.45) is 3.74. The molecule has 0 saturated heterocycles. The highest BCUT2D eigenvalue weighted by Crippen LogP contribution is 2.38. The summed E-state index contributed by atoms with van der Waals surface area (Å²) in [5, 5.41) is 11.7. The number of esters is 1. The van der Waals surface area contributed by atoms with Gasteiger partial charge in [-0.3, -0.25) is 4.79 Å². The molecule has 0 radical (unpaired) electrons. The topological polar surface area (TPSA) is 84.1 Å². The molecule has 0 spiro atoms. The standard InChI is InChI=1S/C21H20FN3O3/c1-13-8-15(14(2)25(13)19-6-7-19)9-16(11-23)21(27)28-12-20(26)24-18-5-3-4-17(22)10-18/h3-5,8-10,19H,6-7,12H2,1-2H3,(H,24,26)/b16-9+. The van der Waals surface area contributed by atoms with Gasteiger partial charge in [0, 0.05) is 23.1 Å². The molecule has 144 valence electrons. The molecule has 3 rings (SSSR count). The van der Waals surface area contributed by atoms with Crippen LogP contribution >= 0.6 is 0 Å². The maximum atomic E-state index is 13.1. The van der Waals surface area contributed by atoms with E-state index >= 15 is 0 Å². The van der Waals surface area contributed by atoms with Crippen LogP contribution in [0, 0.1) is 31.0 Å². The molecule has 2 aromatic rings. The lowest BCUT2D eigenvalue weighted by atomic mass is 10.1. The highest BCUT2D eigenvalue weighted by molar-refractivity contribution is 6.00. The molecule has 1 aromatic heterocycles. The third kappa shape index (κ3) is 4.46. The van der Waals surface area contributed by atoms with E-state index in [0.717, 1.165) is 35.9 Å². The van der Waals surface area contributed by atoms with E-state index < -0.39 is 24.3 Å². The van der Waals surface area contributed by atoms with Gasteiger partial charge in [0.15, 0.2) is 6.61 Å². The molecule has 1 saturated carbocycles. The number of hydrogen-bond donors (Lipinski definition) is 1. The first kappa shape index (κ1) is 19.4. The molecule has 1 N–H and O–H groups in total. The van der Waals surface area contributed by atoms with Gasteiger partial charge >= 0.3 is 5.97 Å². The molecular weight excluding hydrogens is 361 g/mol. The maximum absolute atomic E-state index is 13.1. The van der Waals surface area contributed by atoms with Gasteiger partial charge in [0.1, 0.15) is 17.5 Å². The largest absolute Gasteiger partial charge is 0.451 e. The first-order chi connectivity index (χ1) is 13.4. The van der Waals surface area contributed by atoms with Crippen LogP contribution in [0.2, 0.25) is 0 Å². The lowest BCUT2D eigenvalue weighted by Gasteiger charge is -2.07. The molecule has 1 aromatic carbocycles.